The number of likely N-dealkylation sites (tertiary alicyclic amines) is 1. The minimum Gasteiger partial charge on any atom is -0.465 e. The number of aliphatic hydroxyl groups is 1. The van der Waals surface area contributed by atoms with E-state index in [1.165, 1.54) is 0 Å². The summed E-state index contributed by atoms with van der Waals surface area (Å²) in [5.41, 5.74) is 1.63. The second kappa shape index (κ2) is 11.8. The van der Waals surface area contributed by atoms with Crippen LogP contribution >= 0.6 is 0 Å². The summed E-state index contributed by atoms with van der Waals surface area (Å²) in [7, 11) is 0. The Balaban J connectivity index is 1.73. The molecular formula is C30H40N2O6. The van der Waals surface area contributed by atoms with Crippen LogP contribution in [0.4, 0.5) is 5.69 Å². The van der Waals surface area contributed by atoms with Crippen LogP contribution in [0, 0.1) is 25.7 Å². The number of benzene rings is 1. The lowest BCUT2D eigenvalue weighted by Crippen LogP contribution is -2.56. The number of para-hydroxylation sites is 1. The van der Waals surface area contributed by atoms with Crippen LogP contribution in [0.2, 0.25) is 0 Å². The Bertz CT molecular complexity index is 1070. The fourth-order valence-electron chi connectivity index (χ4n) is 6.65. The molecule has 206 valence electrons. The van der Waals surface area contributed by atoms with Gasteiger partial charge in [-0.25, -0.2) is 0 Å². The zero-order valence-electron chi connectivity index (χ0n) is 22.6. The molecule has 2 bridgehead atoms. The lowest BCUT2D eigenvalue weighted by atomic mass is 9.70. The molecule has 1 aromatic carbocycles. The number of hydrogen-bond acceptors (Lipinski definition) is 6. The minimum atomic E-state index is -1.08. The normalized spacial score (nSPS) is 27.3. The largest absolute Gasteiger partial charge is 0.465 e. The van der Waals surface area contributed by atoms with Crippen LogP contribution < -0.4 is 4.90 Å². The SMILES string of the molecule is C=CCCOC(=O)[C@@H]1[C@@H]2CCC3(O2)C(C(=O)N(CC=C)c2c(C)cccc2C)N(CCCCCO)C(=O)[C@H]13. The first-order chi connectivity index (χ1) is 18.3. The zero-order valence-corrected chi connectivity index (χ0v) is 22.6. The van der Waals surface area contributed by atoms with Gasteiger partial charge in [-0.15, -0.1) is 13.2 Å². The van der Waals surface area contributed by atoms with E-state index in [2.05, 4.69) is 13.2 Å². The summed E-state index contributed by atoms with van der Waals surface area (Å²) in [6.07, 6.45) is 6.56. The van der Waals surface area contributed by atoms with Gasteiger partial charge in [-0.3, -0.25) is 14.4 Å². The predicted molar refractivity (Wildman–Crippen MR) is 144 cm³/mol. The van der Waals surface area contributed by atoms with Crippen molar-refractivity contribution in [2.75, 3.05) is 31.2 Å². The van der Waals surface area contributed by atoms with Crippen molar-refractivity contribution in [3.63, 3.8) is 0 Å². The van der Waals surface area contributed by atoms with Crippen molar-refractivity contribution in [1.82, 2.24) is 4.90 Å². The van der Waals surface area contributed by atoms with Crippen molar-refractivity contribution in [3.05, 3.63) is 54.6 Å². The number of aryl methyl sites for hydroxylation is 2. The molecule has 2 unspecified atom stereocenters. The summed E-state index contributed by atoms with van der Waals surface area (Å²) in [5, 5.41) is 9.23. The first kappa shape index (κ1) is 28.0. The molecule has 0 radical (unpaired) electrons. The van der Waals surface area contributed by atoms with Crippen LogP contribution in [-0.4, -0.2) is 71.8 Å². The molecule has 3 aliphatic rings. The maximum Gasteiger partial charge on any atom is 0.312 e. The van der Waals surface area contributed by atoms with E-state index in [4.69, 9.17) is 9.47 Å². The highest BCUT2D eigenvalue weighted by Gasteiger charge is 2.75. The highest BCUT2D eigenvalue weighted by molar-refractivity contribution is 6.05. The number of rotatable bonds is 13. The van der Waals surface area contributed by atoms with Crippen molar-refractivity contribution in [3.8, 4) is 0 Å². The number of ether oxygens (including phenoxy) is 2. The van der Waals surface area contributed by atoms with Crippen molar-refractivity contribution in [2.24, 2.45) is 11.8 Å². The van der Waals surface area contributed by atoms with Gasteiger partial charge in [-0.1, -0.05) is 30.4 Å². The van der Waals surface area contributed by atoms with Crippen LogP contribution in [-0.2, 0) is 23.9 Å². The number of anilines is 1. The molecule has 38 heavy (non-hydrogen) atoms. The molecule has 3 aliphatic heterocycles. The second-order valence-corrected chi connectivity index (χ2v) is 10.6. The molecule has 1 spiro atoms. The quantitative estimate of drug-likeness (QED) is 0.241. The van der Waals surface area contributed by atoms with E-state index in [0.29, 0.717) is 38.6 Å². The van der Waals surface area contributed by atoms with Crippen molar-refractivity contribution in [2.45, 2.75) is 70.1 Å². The van der Waals surface area contributed by atoms with Gasteiger partial charge in [-0.2, -0.15) is 0 Å². The molecule has 8 nitrogen and oxygen atoms in total. The van der Waals surface area contributed by atoms with Gasteiger partial charge in [0, 0.05) is 25.4 Å². The van der Waals surface area contributed by atoms with Crippen molar-refractivity contribution in [1.29, 1.82) is 0 Å². The van der Waals surface area contributed by atoms with Gasteiger partial charge in [0.2, 0.25) is 5.91 Å². The number of fused-ring (bicyclic) bond motifs is 1. The summed E-state index contributed by atoms with van der Waals surface area (Å²) < 4.78 is 12.0. The predicted octanol–water partition coefficient (Wildman–Crippen LogP) is 3.48. The van der Waals surface area contributed by atoms with Gasteiger partial charge < -0.3 is 24.4 Å². The standard InChI is InChI=1S/C30H40N2O6/c1-5-7-19-37-29(36)23-22-14-15-30(38-22)24(23)27(34)32(17-9-8-10-18-33)26(30)28(35)31(16-6-2)25-20(3)12-11-13-21(25)4/h5-6,11-13,22-24,26,33H,1-2,7-10,14-19H2,3-4H3/t22-,23+,24-,26?,30?/m0/s1. The molecule has 5 atom stereocenters. The van der Waals surface area contributed by atoms with E-state index in [-0.39, 0.29) is 31.6 Å². The zero-order chi connectivity index (χ0) is 27.4. The van der Waals surface area contributed by atoms with Gasteiger partial charge in [-0.05, 0) is 63.5 Å². The molecule has 0 saturated carbocycles. The van der Waals surface area contributed by atoms with E-state index < -0.39 is 35.6 Å². The summed E-state index contributed by atoms with van der Waals surface area (Å²) in [6, 6.07) is 5.03. The molecule has 0 aromatic heterocycles. The summed E-state index contributed by atoms with van der Waals surface area (Å²) >= 11 is 0. The molecule has 3 fully saturated rings. The lowest BCUT2D eigenvalue weighted by Gasteiger charge is -2.37. The Labute approximate surface area is 225 Å². The maximum absolute atomic E-state index is 14.5. The number of esters is 1. The summed E-state index contributed by atoms with van der Waals surface area (Å²) in [4.78, 5) is 45.1. The Morgan fingerprint density at radius 1 is 1.21 bits per heavy atom. The average Bonchev–Trinajstić information content (AvgIpc) is 3.53. The van der Waals surface area contributed by atoms with E-state index in [9.17, 15) is 19.5 Å². The Morgan fingerprint density at radius 2 is 1.95 bits per heavy atom. The monoisotopic (exact) mass is 524 g/mol. The highest BCUT2D eigenvalue weighted by Crippen LogP contribution is 2.59. The maximum atomic E-state index is 14.5. The molecule has 1 aromatic rings. The number of hydrogen-bond donors (Lipinski definition) is 1. The third-order valence-corrected chi connectivity index (χ3v) is 8.22. The second-order valence-electron chi connectivity index (χ2n) is 10.6. The molecule has 4 rings (SSSR count). The number of unbranched alkanes of at least 4 members (excludes halogenated alkanes) is 2. The third kappa shape index (κ3) is 4.80. The molecule has 3 saturated heterocycles. The topological polar surface area (TPSA) is 96.4 Å². The minimum absolute atomic E-state index is 0.0754. The van der Waals surface area contributed by atoms with Gasteiger partial charge in [0.25, 0.3) is 5.91 Å². The smallest absolute Gasteiger partial charge is 0.312 e. The molecule has 0 aliphatic carbocycles. The van der Waals surface area contributed by atoms with Crippen LogP contribution in [0.1, 0.15) is 49.7 Å². The molecule has 1 N–H and O–H groups in total. The lowest BCUT2D eigenvalue weighted by molar-refractivity contribution is -0.155. The number of carbonyl (C=O) groups is 3. The molecule has 8 heteroatoms. The fraction of sp³-hybridized carbons (Fsp3) is 0.567. The van der Waals surface area contributed by atoms with Crippen LogP contribution in [0.3, 0.4) is 0 Å². The van der Waals surface area contributed by atoms with Crippen molar-refractivity contribution >= 4 is 23.5 Å². The van der Waals surface area contributed by atoms with Crippen LogP contribution in [0.5, 0.6) is 0 Å². The fourth-order valence-corrected chi connectivity index (χ4v) is 6.65. The number of nitrogens with zero attached hydrogens (tertiary/aromatic N) is 2. The Kier molecular flexibility index (Phi) is 8.73. The number of carbonyl (C=O) groups excluding carboxylic acids is 3. The summed E-state index contributed by atoms with van der Waals surface area (Å²) in [5.74, 6) is -2.37. The van der Waals surface area contributed by atoms with E-state index in [1.807, 2.05) is 32.0 Å². The van der Waals surface area contributed by atoms with Gasteiger partial charge in [0.1, 0.15) is 11.6 Å². The number of amides is 2. The van der Waals surface area contributed by atoms with Crippen LogP contribution in [0.15, 0.2) is 43.5 Å². The van der Waals surface area contributed by atoms with Gasteiger partial charge >= 0.3 is 5.97 Å². The molecule has 3 heterocycles. The Hall–Kier alpha value is -2.97. The highest BCUT2D eigenvalue weighted by atomic mass is 16.6. The van der Waals surface area contributed by atoms with Gasteiger partial charge in [0.05, 0.1) is 24.5 Å². The van der Waals surface area contributed by atoms with E-state index in [1.54, 1.807) is 22.0 Å². The number of aliphatic hydroxyl groups excluding tert-OH is 1. The molecular weight excluding hydrogens is 484 g/mol. The van der Waals surface area contributed by atoms with E-state index in [0.717, 1.165) is 23.2 Å². The van der Waals surface area contributed by atoms with E-state index >= 15 is 0 Å². The third-order valence-electron chi connectivity index (χ3n) is 8.22. The first-order valence-corrected chi connectivity index (χ1v) is 13.7. The summed E-state index contributed by atoms with van der Waals surface area (Å²) in [6.45, 7) is 12.4. The van der Waals surface area contributed by atoms with Crippen LogP contribution in [0.25, 0.3) is 0 Å². The van der Waals surface area contributed by atoms with Crippen molar-refractivity contribution < 1.29 is 29.0 Å². The average molecular weight is 525 g/mol. The van der Waals surface area contributed by atoms with Gasteiger partial charge in [0.15, 0.2) is 0 Å². The Morgan fingerprint density at radius 3 is 2.61 bits per heavy atom. The first-order valence-electron chi connectivity index (χ1n) is 13.7. The molecule has 2 amide bonds.